The van der Waals surface area contributed by atoms with Crippen LogP contribution in [-0.2, 0) is 7.05 Å². The number of aryl methyl sites for hydroxylation is 1. The smallest absolute Gasteiger partial charge is 0.272 e. The minimum atomic E-state index is 0.0595. The summed E-state index contributed by atoms with van der Waals surface area (Å²) in [5, 5.41) is 7.00. The Hall–Kier alpha value is -2.11. The van der Waals surface area contributed by atoms with Gasteiger partial charge in [0.1, 0.15) is 5.69 Å². The van der Waals surface area contributed by atoms with Crippen molar-refractivity contribution in [1.29, 1.82) is 0 Å². The van der Waals surface area contributed by atoms with E-state index in [-0.39, 0.29) is 5.91 Å². The van der Waals surface area contributed by atoms with Gasteiger partial charge in [-0.1, -0.05) is 0 Å². The fraction of sp³-hybridized carbons (Fsp3) is 0.462. The van der Waals surface area contributed by atoms with Crippen LogP contribution in [0.5, 0.6) is 0 Å². The summed E-state index contributed by atoms with van der Waals surface area (Å²) < 4.78 is 1.77. The molecule has 19 heavy (non-hydrogen) atoms. The van der Waals surface area contributed by atoms with Gasteiger partial charge in [0.05, 0.1) is 12.5 Å². The van der Waals surface area contributed by atoms with Crippen molar-refractivity contribution in [2.45, 2.75) is 18.8 Å². The van der Waals surface area contributed by atoms with Gasteiger partial charge in [0.2, 0.25) is 0 Å². The number of amides is 1. The number of hydrogen-bond acceptors (Lipinski definition) is 3. The molecular weight excluding hydrogens is 242 g/mol. The molecule has 0 spiro atoms. The number of nitrogens with one attached hydrogen (secondary N) is 1. The van der Waals surface area contributed by atoms with E-state index in [4.69, 9.17) is 0 Å². The second-order valence-corrected chi connectivity index (χ2v) is 4.99. The largest absolute Gasteiger partial charge is 0.337 e. The third kappa shape index (κ3) is 2.25. The third-order valence-electron chi connectivity index (χ3n) is 3.71. The van der Waals surface area contributed by atoms with E-state index in [1.54, 1.807) is 23.3 Å². The average molecular weight is 259 g/mol. The lowest BCUT2D eigenvalue weighted by atomic mass is 9.95. The fourth-order valence-electron chi connectivity index (χ4n) is 2.63. The summed E-state index contributed by atoms with van der Waals surface area (Å²) in [6.07, 6.45) is 7.16. The Bertz CT molecular complexity index is 559. The van der Waals surface area contributed by atoms with E-state index in [1.807, 2.05) is 18.0 Å². The highest BCUT2D eigenvalue weighted by atomic mass is 16.2. The van der Waals surface area contributed by atoms with Crippen LogP contribution in [0.3, 0.4) is 0 Å². The molecule has 1 N–H and O–H groups in total. The van der Waals surface area contributed by atoms with Crippen molar-refractivity contribution in [2.75, 3.05) is 13.1 Å². The van der Waals surface area contributed by atoms with E-state index in [1.165, 1.54) is 0 Å². The molecule has 6 heteroatoms. The summed E-state index contributed by atoms with van der Waals surface area (Å²) in [5.74, 6) is 0.414. The van der Waals surface area contributed by atoms with Crippen molar-refractivity contribution in [3.8, 4) is 0 Å². The Morgan fingerprint density at radius 3 is 3.11 bits per heavy atom. The van der Waals surface area contributed by atoms with Gasteiger partial charge in [0.15, 0.2) is 0 Å². The quantitative estimate of drug-likeness (QED) is 0.880. The number of imidazole rings is 1. The van der Waals surface area contributed by atoms with E-state index in [9.17, 15) is 4.79 Å². The summed E-state index contributed by atoms with van der Waals surface area (Å²) in [6.45, 7) is 1.56. The molecule has 0 saturated carbocycles. The monoisotopic (exact) mass is 259 g/mol. The third-order valence-corrected chi connectivity index (χ3v) is 3.71. The van der Waals surface area contributed by atoms with Crippen LogP contribution in [0.4, 0.5) is 0 Å². The predicted molar refractivity (Wildman–Crippen MR) is 69.7 cm³/mol. The number of nitrogens with zero attached hydrogens (tertiary/aromatic N) is 4. The topological polar surface area (TPSA) is 66.8 Å². The van der Waals surface area contributed by atoms with Crippen LogP contribution >= 0.6 is 0 Å². The number of piperidine rings is 1. The number of H-pyrrole nitrogens is 1. The van der Waals surface area contributed by atoms with Crippen LogP contribution in [0.25, 0.3) is 0 Å². The number of likely N-dealkylation sites (tertiary alicyclic amines) is 1. The number of aromatic amines is 1. The molecule has 1 amide bonds. The number of carbonyl (C=O) groups is 1. The second kappa shape index (κ2) is 4.87. The minimum absolute atomic E-state index is 0.0595. The van der Waals surface area contributed by atoms with Crippen molar-refractivity contribution in [3.05, 3.63) is 36.2 Å². The maximum absolute atomic E-state index is 12.4. The molecule has 3 rings (SSSR count). The van der Waals surface area contributed by atoms with Gasteiger partial charge >= 0.3 is 0 Å². The Morgan fingerprint density at radius 2 is 2.42 bits per heavy atom. The van der Waals surface area contributed by atoms with Crippen LogP contribution in [0.2, 0.25) is 0 Å². The zero-order valence-corrected chi connectivity index (χ0v) is 10.9. The molecule has 1 saturated heterocycles. The number of aromatic nitrogens is 4. The molecule has 1 aliphatic heterocycles. The summed E-state index contributed by atoms with van der Waals surface area (Å²) >= 11 is 0. The van der Waals surface area contributed by atoms with Crippen LogP contribution in [0, 0.1) is 0 Å². The lowest BCUT2D eigenvalue weighted by Crippen LogP contribution is -2.39. The Labute approximate surface area is 111 Å². The molecule has 0 bridgehead atoms. The fourth-order valence-corrected chi connectivity index (χ4v) is 2.63. The van der Waals surface area contributed by atoms with E-state index < -0.39 is 0 Å². The van der Waals surface area contributed by atoms with Crippen molar-refractivity contribution in [3.63, 3.8) is 0 Å². The molecule has 1 aliphatic rings. The molecule has 0 unspecified atom stereocenters. The van der Waals surface area contributed by atoms with E-state index in [2.05, 4.69) is 15.2 Å². The Morgan fingerprint density at radius 1 is 1.53 bits per heavy atom. The van der Waals surface area contributed by atoms with Gasteiger partial charge in [-0.3, -0.25) is 9.89 Å². The zero-order valence-electron chi connectivity index (χ0n) is 10.9. The van der Waals surface area contributed by atoms with Gasteiger partial charge in [-0.15, -0.1) is 0 Å². The summed E-state index contributed by atoms with van der Waals surface area (Å²) in [4.78, 5) is 18.4. The molecule has 100 valence electrons. The van der Waals surface area contributed by atoms with E-state index in [0.29, 0.717) is 11.6 Å². The Kier molecular flexibility index (Phi) is 3.06. The van der Waals surface area contributed by atoms with Gasteiger partial charge in [-0.05, 0) is 18.9 Å². The highest BCUT2D eigenvalue weighted by Crippen LogP contribution is 2.26. The van der Waals surface area contributed by atoms with Gasteiger partial charge in [0, 0.05) is 37.9 Å². The number of hydrogen-bond donors (Lipinski definition) is 1. The SMILES string of the molecule is Cn1cncc1C(=O)N1CCC[C@@H](c2ccn[nH]2)C1. The molecule has 0 aliphatic carbocycles. The lowest BCUT2D eigenvalue weighted by molar-refractivity contribution is 0.0696. The first-order valence-corrected chi connectivity index (χ1v) is 6.50. The predicted octanol–water partition coefficient (Wildman–Crippen LogP) is 1.16. The molecule has 0 aromatic carbocycles. The van der Waals surface area contributed by atoms with Gasteiger partial charge < -0.3 is 9.47 Å². The van der Waals surface area contributed by atoms with Crippen LogP contribution in [0.1, 0.15) is 34.9 Å². The molecular formula is C13H17N5O. The average Bonchev–Trinajstić information content (AvgIpc) is 3.09. The number of rotatable bonds is 2. The first kappa shape index (κ1) is 12.0. The van der Waals surface area contributed by atoms with Crippen LogP contribution in [0.15, 0.2) is 24.8 Å². The maximum atomic E-state index is 12.4. The normalized spacial score (nSPS) is 19.6. The molecule has 2 aromatic heterocycles. The molecule has 6 nitrogen and oxygen atoms in total. The van der Waals surface area contributed by atoms with Crippen molar-refractivity contribution >= 4 is 5.91 Å². The van der Waals surface area contributed by atoms with Gasteiger partial charge in [-0.25, -0.2) is 4.98 Å². The molecule has 1 atom stereocenters. The summed E-state index contributed by atoms with van der Waals surface area (Å²) in [7, 11) is 1.84. The molecule has 2 aromatic rings. The second-order valence-electron chi connectivity index (χ2n) is 4.99. The van der Waals surface area contributed by atoms with E-state index in [0.717, 1.165) is 31.6 Å². The highest BCUT2D eigenvalue weighted by Gasteiger charge is 2.27. The van der Waals surface area contributed by atoms with Crippen molar-refractivity contribution in [2.24, 2.45) is 7.05 Å². The standard InChI is InChI=1S/C13H17N5O/c1-17-9-14-7-12(17)13(19)18-6-2-3-10(8-18)11-4-5-15-16-11/h4-5,7,9-10H,2-3,6,8H2,1H3,(H,15,16)/t10-/m1/s1. The Balaban J connectivity index is 1.75. The summed E-state index contributed by atoms with van der Waals surface area (Å²) in [5.41, 5.74) is 1.76. The van der Waals surface area contributed by atoms with E-state index >= 15 is 0 Å². The maximum Gasteiger partial charge on any atom is 0.272 e. The first-order chi connectivity index (χ1) is 9.25. The highest BCUT2D eigenvalue weighted by molar-refractivity contribution is 5.92. The zero-order chi connectivity index (χ0) is 13.2. The number of carbonyl (C=O) groups excluding carboxylic acids is 1. The first-order valence-electron chi connectivity index (χ1n) is 6.50. The van der Waals surface area contributed by atoms with Crippen LogP contribution in [-0.4, -0.2) is 43.6 Å². The van der Waals surface area contributed by atoms with Gasteiger partial charge in [0.25, 0.3) is 5.91 Å². The lowest BCUT2D eigenvalue weighted by Gasteiger charge is -2.32. The molecule has 0 radical (unpaired) electrons. The minimum Gasteiger partial charge on any atom is -0.337 e. The van der Waals surface area contributed by atoms with Crippen molar-refractivity contribution in [1.82, 2.24) is 24.6 Å². The molecule has 3 heterocycles. The summed E-state index contributed by atoms with van der Waals surface area (Å²) in [6, 6.07) is 1.99. The van der Waals surface area contributed by atoms with Gasteiger partial charge in [-0.2, -0.15) is 5.10 Å². The molecule has 1 fully saturated rings. The van der Waals surface area contributed by atoms with Crippen molar-refractivity contribution < 1.29 is 4.79 Å². The van der Waals surface area contributed by atoms with Crippen LogP contribution < -0.4 is 0 Å².